The zero-order valence-corrected chi connectivity index (χ0v) is 12.9. The third kappa shape index (κ3) is 3.92. The third-order valence-corrected chi connectivity index (χ3v) is 3.78. The van der Waals surface area contributed by atoms with Crippen molar-refractivity contribution in [3.05, 3.63) is 69.2 Å². The molecule has 98 valence electrons. The molecule has 0 heterocycles. The number of Topliss-reactive ketones (excluding diaryl/α,β-unsaturated/α-hetero) is 1. The van der Waals surface area contributed by atoms with Crippen LogP contribution in [0.1, 0.15) is 22.8 Å². The summed E-state index contributed by atoms with van der Waals surface area (Å²) in [7, 11) is 0. The molecule has 0 bridgehead atoms. The minimum absolute atomic E-state index is 0.0559. The minimum Gasteiger partial charge on any atom is -0.294 e. The van der Waals surface area contributed by atoms with Crippen LogP contribution in [0.2, 0.25) is 5.02 Å². The SMILES string of the molecule is CC(Cc1ccc(Br)cc1)C(=O)c1cccc(Cl)c1. The summed E-state index contributed by atoms with van der Waals surface area (Å²) in [6, 6.07) is 15.2. The van der Waals surface area contributed by atoms with Crippen LogP contribution in [0.3, 0.4) is 0 Å². The summed E-state index contributed by atoms with van der Waals surface area (Å²) in [5, 5.41) is 0.599. The van der Waals surface area contributed by atoms with E-state index in [2.05, 4.69) is 15.9 Å². The van der Waals surface area contributed by atoms with Gasteiger partial charge < -0.3 is 0 Å². The van der Waals surface area contributed by atoms with E-state index in [-0.39, 0.29) is 11.7 Å². The first-order chi connectivity index (χ1) is 9.06. The molecule has 0 spiro atoms. The van der Waals surface area contributed by atoms with Crippen molar-refractivity contribution >= 4 is 33.3 Å². The molecule has 2 aromatic carbocycles. The van der Waals surface area contributed by atoms with Crippen LogP contribution in [0.5, 0.6) is 0 Å². The fourth-order valence-electron chi connectivity index (χ4n) is 1.99. The van der Waals surface area contributed by atoms with Gasteiger partial charge in [0.25, 0.3) is 0 Å². The first-order valence-corrected chi connectivity index (χ1v) is 7.27. The largest absolute Gasteiger partial charge is 0.294 e. The number of carbonyl (C=O) groups is 1. The quantitative estimate of drug-likeness (QED) is 0.704. The van der Waals surface area contributed by atoms with E-state index >= 15 is 0 Å². The molecule has 0 aliphatic rings. The van der Waals surface area contributed by atoms with Gasteiger partial charge in [0.15, 0.2) is 5.78 Å². The Morgan fingerprint density at radius 1 is 1.21 bits per heavy atom. The van der Waals surface area contributed by atoms with E-state index in [1.807, 2.05) is 43.3 Å². The van der Waals surface area contributed by atoms with Gasteiger partial charge in [0.05, 0.1) is 0 Å². The molecule has 0 radical (unpaired) electrons. The monoisotopic (exact) mass is 336 g/mol. The molecular formula is C16H14BrClO. The molecule has 0 saturated carbocycles. The standard InChI is InChI=1S/C16H14BrClO/c1-11(9-12-5-7-14(17)8-6-12)16(19)13-3-2-4-15(18)10-13/h2-8,10-11H,9H2,1H3. The van der Waals surface area contributed by atoms with Gasteiger partial charge in [-0.2, -0.15) is 0 Å². The van der Waals surface area contributed by atoms with Gasteiger partial charge in [-0.3, -0.25) is 4.79 Å². The molecule has 1 atom stereocenters. The summed E-state index contributed by atoms with van der Waals surface area (Å²) in [5.41, 5.74) is 1.84. The number of benzene rings is 2. The van der Waals surface area contributed by atoms with Crippen LogP contribution >= 0.6 is 27.5 Å². The molecule has 2 rings (SSSR count). The van der Waals surface area contributed by atoms with Crippen LogP contribution in [0.25, 0.3) is 0 Å². The van der Waals surface area contributed by atoms with E-state index in [0.717, 1.165) is 16.5 Å². The van der Waals surface area contributed by atoms with E-state index in [4.69, 9.17) is 11.6 Å². The zero-order valence-electron chi connectivity index (χ0n) is 10.6. The maximum atomic E-state index is 12.3. The average Bonchev–Trinajstić information content (AvgIpc) is 2.40. The second-order valence-electron chi connectivity index (χ2n) is 4.61. The fraction of sp³-hybridized carbons (Fsp3) is 0.188. The second kappa shape index (κ2) is 6.36. The zero-order chi connectivity index (χ0) is 13.8. The average molecular weight is 338 g/mol. The number of rotatable bonds is 4. The third-order valence-electron chi connectivity index (χ3n) is 3.01. The van der Waals surface area contributed by atoms with E-state index in [1.165, 1.54) is 0 Å². The number of carbonyl (C=O) groups excluding carboxylic acids is 1. The Hall–Kier alpha value is -1.12. The van der Waals surface area contributed by atoms with Gasteiger partial charge in [0, 0.05) is 21.0 Å². The Balaban J connectivity index is 2.09. The molecule has 0 aromatic heterocycles. The molecule has 1 unspecified atom stereocenters. The predicted molar refractivity (Wildman–Crippen MR) is 82.8 cm³/mol. The van der Waals surface area contributed by atoms with Crippen LogP contribution in [0.15, 0.2) is 53.0 Å². The van der Waals surface area contributed by atoms with Crippen molar-refractivity contribution in [2.75, 3.05) is 0 Å². The molecule has 19 heavy (non-hydrogen) atoms. The van der Waals surface area contributed by atoms with Crippen LogP contribution in [0.4, 0.5) is 0 Å². The Labute approximate surface area is 126 Å². The van der Waals surface area contributed by atoms with Crippen LogP contribution in [-0.2, 0) is 6.42 Å². The molecule has 0 fully saturated rings. The van der Waals surface area contributed by atoms with Crippen molar-refractivity contribution in [1.82, 2.24) is 0 Å². The van der Waals surface area contributed by atoms with E-state index < -0.39 is 0 Å². The Morgan fingerprint density at radius 2 is 1.89 bits per heavy atom. The highest BCUT2D eigenvalue weighted by Gasteiger charge is 2.15. The van der Waals surface area contributed by atoms with Gasteiger partial charge >= 0.3 is 0 Å². The van der Waals surface area contributed by atoms with Gasteiger partial charge in [0.2, 0.25) is 0 Å². The van der Waals surface area contributed by atoms with Crippen LogP contribution in [-0.4, -0.2) is 5.78 Å². The van der Waals surface area contributed by atoms with Gasteiger partial charge in [-0.15, -0.1) is 0 Å². The molecule has 3 heteroatoms. The summed E-state index contributed by atoms with van der Waals surface area (Å²) in [4.78, 5) is 12.3. The maximum absolute atomic E-state index is 12.3. The number of ketones is 1. The Bertz CT molecular complexity index is 578. The number of halogens is 2. The molecule has 0 N–H and O–H groups in total. The lowest BCUT2D eigenvalue weighted by Gasteiger charge is -2.11. The lowest BCUT2D eigenvalue weighted by atomic mass is 9.93. The highest BCUT2D eigenvalue weighted by Crippen LogP contribution is 2.19. The number of hydrogen-bond acceptors (Lipinski definition) is 1. The normalized spacial score (nSPS) is 12.2. The second-order valence-corrected chi connectivity index (χ2v) is 5.96. The van der Waals surface area contributed by atoms with Gasteiger partial charge in [-0.25, -0.2) is 0 Å². The summed E-state index contributed by atoms with van der Waals surface area (Å²) in [6.07, 6.45) is 0.735. The molecule has 0 aliphatic heterocycles. The van der Waals surface area contributed by atoms with Crippen LogP contribution in [0, 0.1) is 5.92 Å². The highest BCUT2D eigenvalue weighted by atomic mass is 79.9. The summed E-state index contributed by atoms with van der Waals surface area (Å²) < 4.78 is 1.05. The number of hydrogen-bond donors (Lipinski definition) is 0. The Kier molecular flexibility index (Phi) is 4.78. The first-order valence-electron chi connectivity index (χ1n) is 6.10. The van der Waals surface area contributed by atoms with E-state index in [1.54, 1.807) is 12.1 Å². The maximum Gasteiger partial charge on any atom is 0.166 e. The lowest BCUT2D eigenvalue weighted by Crippen LogP contribution is -2.13. The van der Waals surface area contributed by atoms with Crippen molar-refractivity contribution in [3.8, 4) is 0 Å². The smallest absolute Gasteiger partial charge is 0.166 e. The molecule has 1 nitrogen and oxygen atoms in total. The molecule has 0 amide bonds. The summed E-state index contributed by atoms with van der Waals surface area (Å²) in [5.74, 6) is 0.0741. The molecule has 2 aromatic rings. The van der Waals surface area contributed by atoms with Gasteiger partial charge in [0.1, 0.15) is 0 Å². The van der Waals surface area contributed by atoms with Crippen LogP contribution < -0.4 is 0 Å². The summed E-state index contributed by atoms with van der Waals surface area (Å²) in [6.45, 7) is 1.95. The van der Waals surface area contributed by atoms with Gasteiger partial charge in [-0.1, -0.05) is 58.7 Å². The van der Waals surface area contributed by atoms with E-state index in [0.29, 0.717) is 10.6 Å². The van der Waals surface area contributed by atoms with Crippen molar-refractivity contribution in [3.63, 3.8) is 0 Å². The predicted octanol–water partition coefficient (Wildman–Crippen LogP) is 5.16. The van der Waals surface area contributed by atoms with Crippen molar-refractivity contribution in [2.24, 2.45) is 5.92 Å². The molecular weight excluding hydrogens is 324 g/mol. The summed E-state index contributed by atoms with van der Waals surface area (Å²) >= 11 is 9.32. The van der Waals surface area contributed by atoms with Crippen molar-refractivity contribution in [2.45, 2.75) is 13.3 Å². The topological polar surface area (TPSA) is 17.1 Å². The molecule has 0 aliphatic carbocycles. The van der Waals surface area contributed by atoms with Crippen molar-refractivity contribution in [1.29, 1.82) is 0 Å². The lowest BCUT2D eigenvalue weighted by molar-refractivity contribution is 0.0929. The van der Waals surface area contributed by atoms with Gasteiger partial charge in [-0.05, 0) is 36.2 Å². The minimum atomic E-state index is -0.0559. The Morgan fingerprint density at radius 3 is 2.53 bits per heavy atom. The first kappa shape index (κ1) is 14.3. The fourth-order valence-corrected chi connectivity index (χ4v) is 2.45. The van der Waals surface area contributed by atoms with E-state index in [9.17, 15) is 4.79 Å². The van der Waals surface area contributed by atoms with Crippen molar-refractivity contribution < 1.29 is 4.79 Å². The highest BCUT2D eigenvalue weighted by molar-refractivity contribution is 9.10. The molecule has 0 saturated heterocycles.